The molecule has 0 saturated heterocycles. The molecule has 1 aliphatic heterocycles. The maximum absolute atomic E-state index is 13.9. The largest absolute Gasteiger partial charge is 0.322 e. The fraction of sp³-hybridized carbons (Fsp3) is 0.130. The summed E-state index contributed by atoms with van der Waals surface area (Å²) in [7, 11) is 0. The molecule has 3 aromatic carbocycles. The highest BCUT2D eigenvalue weighted by molar-refractivity contribution is 6.08. The van der Waals surface area contributed by atoms with Gasteiger partial charge in [-0.2, -0.15) is 0 Å². The number of fused-ring (bicyclic) bond motifs is 1. The molecule has 28 heavy (non-hydrogen) atoms. The molecule has 0 aromatic heterocycles. The van der Waals surface area contributed by atoms with Crippen molar-refractivity contribution in [1.82, 2.24) is 0 Å². The van der Waals surface area contributed by atoms with Crippen LogP contribution >= 0.6 is 0 Å². The van der Waals surface area contributed by atoms with Crippen LogP contribution < -0.4 is 10.2 Å². The molecule has 1 N–H and O–H groups in total. The van der Waals surface area contributed by atoms with E-state index < -0.39 is 11.7 Å². The number of nitrogens with one attached hydrogen (secondary N) is 1. The number of aryl methyl sites for hydroxylation is 1. The van der Waals surface area contributed by atoms with Crippen LogP contribution in [0, 0.1) is 5.82 Å². The molecule has 140 valence electrons. The quantitative estimate of drug-likeness (QED) is 0.724. The van der Waals surface area contributed by atoms with E-state index in [1.807, 2.05) is 24.3 Å². The Morgan fingerprint density at radius 3 is 2.46 bits per heavy atom. The van der Waals surface area contributed by atoms with Gasteiger partial charge in [0.2, 0.25) is 0 Å². The van der Waals surface area contributed by atoms with Gasteiger partial charge >= 0.3 is 0 Å². The second-order valence-electron chi connectivity index (χ2n) is 6.70. The zero-order chi connectivity index (χ0) is 19.5. The molecule has 3 aromatic rings. The Morgan fingerprint density at radius 1 is 0.929 bits per heavy atom. The van der Waals surface area contributed by atoms with Gasteiger partial charge in [-0.25, -0.2) is 4.39 Å². The van der Waals surface area contributed by atoms with Crippen LogP contribution in [0.25, 0.3) is 0 Å². The van der Waals surface area contributed by atoms with Gasteiger partial charge in [0, 0.05) is 23.5 Å². The van der Waals surface area contributed by atoms with E-state index in [1.165, 1.54) is 18.2 Å². The number of halogens is 1. The van der Waals surface area contributed by atoms with Crippen LogP contribution in [0.1, 0.15) is 32.7 Å². The van der Waals surface area contributed by atoms with Gasteiger partial charge in [0.05, 0.1) is 5.56 Å². The molecule has 4 nitrogen and oxygen atoms in total. The third-order valence-corrected chi connectivity index (χ3v) is 4.85. The Hall–Kier alpha value is -3.47. The highest BCUT2D eigenvalue weighted by Gasteiger charge is 2.24. The molecule has 0 aliphatic carbocycles. The van der Waals surface area contributed by atoms with Crippen molar-refractivity contribution in [3.8, 4) is 0 Å². The van der Waals surface area contributed by atoms with Crippen LogP contribution in [0.2, 0.25) is 0 Å². The molecule has 0 bridgehead atoms. The van der Waals surface area contributed by atoms with Gasteiger partial charge in [-0.1, -0.05) is 36.4 Å². The molecule has 0 spiro atoms. The Labute approximate surface area is 162 Å². The number of hydrogen-bond acceptors (Lipinski definition) is 2. The highest BCUT2D eigenvalue weighted by Crippen LogP contribution is 2.31. The zero-order valence-corrected chi connectivity index (χ0v) is 15.2. The molecular weight excluding hydrogens is 355 g/mol. The molecule has 2 amide bonds. The van der Waals surface area contributed by atoms with Crippen molar-refractivity contribution < 1.29 is 14.0 Å². The summed E-state index contributed by atoms with van der Waals surface area (Å²) in [4.78, 5) is 27.1. The molecule has 1 heterocycles. The van der Waals surface area contributed by atoms with Crippen LogP contribution in [-0.4, -0.2) is 18.4 Å². The molecule has 0 radical (unpaired) electrons. The predicted octanol–water partition coefficient (Wildman–Crippen LogP) is 4.67. The minimum Gasteiger partial charge on any atom is -0.322 e. The van der Waals surface area contributed by atoms with Crippen molar-refractivity contribution >= 4 is 23.2 Å². The number of nitrogens with zero attached hydrogens (tertiary/aromatic N) is 1. The van der Waals surface area contributed by atoms with Crippen LogP contribution in [0.3, 0.4) is 0 Å². The summed E-state index contributed by atoms with van der Waals surface area (Å²) in [6, 6.07) is 20.5. The standard InChI is InChI=1S/C23H19FN2O2/c24-20-11-5-4-10-19(20)22(27)25-18-13-12-16-9-6-14-26(21(16)15-18)23(28)17-7-2-1-3-8-17/h1-5,7-8,10-13,15H,6,9,14H2,(H,25,27). The number of benzene rings is 3. The lowest BCUT2D eigenvalue weighted by atomic mass is 10.00. The summed E-state index contributed by atoms with van der Waals surface area (Å²) in [5.74, 6) is -1.16. The van der Waals surface area contributed by atoms with E-state index in [9.17, 15) is 14.0 Å². The lowest BCUT2D eigenvalue weighted by Gasteiger charge is -2.30. The third-order valence-electron chi connectivity index (χ3n) is 4.85. The first kappa shape index (κ1) is 17.9. The van der Waals surface area contributed by atoms with Crippen molar-refractivity contribution in [2.75, 3.05) is 16.8 Å². The Bertz CT molecular complexity index is 1030. The summed E-state index contributed by atoms with van der Waals surface area (Å²) >= 11 is 0. The monoisotopic (exact) mass is 374 g/mol. The Morgan fingerprint density at radius 2 is 1.68 bits per heavy atom. The topological polar surface area (TPSA) is 49.4 Å². The lowest BCUT2D eigenvalue weighted by molar-refractivity contribution is 0.0983. The summed E-state index contributed by atoms with van der Waals surface area (Å²) in [6.07, 6.45) is 1.75. The number of carbonyl (C=O) groups is 2. The summed E-state index contributed by atoms with van der Waals surface area (Å²) in [6.45, 7) is 0.617. The van der Waals surface area contributed by atoms with E-state index in [0.717, 1.165) is 24.1 Å². The maximum Gasteiger partial charge on any atom is 0.258 e. The number of rotatable bonds is 3. The molecule has 0 saturated carbocycles. The van der Waals surface area contributed by atoms with E-state index in [0.29, 0.717) is 17.8 Å². The van der Waals surface area contributed by atoms with Gasteiger partial charge in [-0.3, -0.25) is 9.59 Å². The molecule has 1 aliphatic rings. The normalized spacial score (nSPS) is 13.0. The van der Waals surface area contributed by atoms with Crippen LogP contribution in [0.4, 0.5) is 15.8 Å². The summed E-state index contributed by atoms with van der Waals surface area (Å²) in [5, 5.41) is 2.73. The fourth-order valence-corrected chi connectivity index (χ4v) is 3.44. The average Bonchev–Trinajstić information content (AvgIpc) is 2.73. The van der Waals surface area contributed by atoms with Crippen molar-refractivity contribution in [2.45, 2.75) is 12.8 Å². The van der Waals surface area contributed by atoms with Gasteiger partial charge < -0.3 is 10.2 Å². The first-order chi connectivity index (χ1) is 13.6. The second-order valence-corrected chi connectivity index (χ2v) is 6.70. The lowest BCUT2D eigenvalue weighted by Crippen LogP contribution is -2.35. The number of hydrogen-bond donors (Lipinski definition) is 1. The molecular formula is C23H19FN2O2. The van der Waals surface area contributed by atoms with Crippen molar-refractivity contribution in [1.29, 1.82) is 0 Å². The van der Waals surface area contributed by atoms with Gasteiger partial charge in [0.1, 0.15) is 5.82 Å². The first-order valence-electron chi connectivity index (χ1n) is 9.19. The second kappa shape index (κ2) is 7.64. The zero-order valence-electron chi connectivity index (χ0n) is 15.2. The number of amides is 2. The van der Waals surface area contributed by atoms with Gasteiger partial charge in [0.25, 0.3) is 11.8 Å². The van der Waals surface area contributed by atoms with E-state index >= 15 is 0 Å². The first-order valence-corrected chi connectivity index (χ1v) is 9.19. The average molecular weight is 374 g/mol. The SMILES string of the molecule is O=C(Nc1ccc2c(c1)N(C(=O)c1ccccc1)CCC2)c1ccccc1F. The minimum absolute atomic E-state index is 0.0163. The van der Waals surface area contributed by atoms with E-state index in [4.69, 9.17) is 0 Å². The maximum atomic E-state index is 13.9. The minimum atomic E-state index is -0.571. The van der Waals surface area contributed by atoms with Gasteiger partial charge in [0.15, 0.2) is 0 Å². The molecule has 5 heteroatoms. The fourth-order valence-electron chi connectivity index (χ4n) is 3.44. The predicted molar refractivity (Wildman–Crippen MR) is 107 cm³/mol. The van der Waals surface area contributed by atoms with E-state index in [1.54, 1.807) is 35.2 Å². The molecule has 0 fully saturated rings. The molecule has 4 rings (SSSR count). The molecule has 0 unspecified atom stereocenters. The van der Waals surface area contributed by atoms with E-state index in [2.05, 4.69) is 5.32 Å². The number of carbonyl (C=O) groups excluding carboxylic acids is 2. The van der Waals surface area contributed by atoms with Crippen LogP contribution in [0.15, 0.2) is 72.8 Å². The van der Waals surface area contributed by atoms with Gasteiger partial charge in [-0.05, 0) is 54.8 Å². The smallest absolute Gasteiger partial charge is 0.258 e. The van der Waals surface area contributed by atoms with Crippen molar-refractivity contribution in [2.24, 2.45) is 0 Å². The summed E-state index contributed by atoms with van der Waals surface area (Å²) in [5.41, 5.74) is 2.97. The van der Waals surface area contributed by atoms with Crippen LogP contribution in [-0.2, 0) is 6.42 Å². The van der Waals surface area contributed by atoms with Crippen molar-refractivity contribution in [3.05, 3.63) is 95.3 Å². The van der Waals surface area contributed by atoms with E-state index in [-0.39, 0.29) is 11.5 Å². The Kier molecular flexibility index (Phi) is 4.89. The van der Waals surface area contributed by atoms with Gasteiger partial charge in [-0.15, -0.1) is 0 Å². The summed E-state index contributed by atoms with van der Waals surface area (Å²) < 4.78 is 13.9. The Balaban J connectivity index is 1.62. The third kappa shape index (κ3) is 3.51. The molecule has 0 atom stereocenters. The highest BCUT2D eigenvalue weighted by atomic mass is 19.1. The van der Waals surface area contributed by atoms with Crippen molar-refractivity contribution in [3.63, 3.8) is 0 Å². The van der Waals surface area contributed by atoms with Crippen LogP contribution in [0.5, 0.6) is 0 Å². The number of anilines is 2.